The predicted molar refractivity (Wildman–Crippen MR) is 106 cm³/mol. The minimum absolute atomic E-state index is 0.0604. The monoisotopic (exact) mass is 377 g/mol. The highest BCUT2D eigenvalue weighted by Crippen LogP contribution is 2.35. The van der Waals surface area contributed by atoms with Crippen molar-refractivity contribution in [2.45, 2.75) is 4.90 Å². The number of benzene rings is 1. The van der Waals surface area contributed by atoms with Crippen molar-refractivity contribution in [3.8, 4) is 0 Å². The van der Waals surface area contributed by atoms with Gasteiger partial charge in [0.2, 0.25) is 5.91 Å². The highest BCUT2D eigenvalue weighted by Gasteiger charge is 2.16. The number of nitrogens with one attached hydrogen (secondary N) is 1. The van der Waals surface area contributed by atoms with E-state index in [1.165, 1.54) is 28.1 Å². The first-order chi connectivity index (χ1) is 12.1. The number of hydrogen-bond donors (Lipinski definition) is 1. The lowest BCUT2D eigenvalue weighted by Crippen LogP contribution is -2.40. The summed E-state index contributed by atoms with van der Waals surface area (Å²) in [5, 5.41) is 5.95. The summed E-state index contributed by atoms with van der Waals surface area (Å²) in [6.07, 6.45) is 1.73. The number of likely N-dealkylation sites (N-methyl/N-ethyl adjacent to an activating group) is 1. The molecule has 5 nitrogen and oxygen atoms in total. The van der Waals surface area contributed by atoms with Gasteiger partial charge in [0.1, 0.15) is 6.29 Å². The Balaban J connectivity index is 0.000000242. The van der Waals surface area contributed by atoms with Crippen molar-refractivity contribution < 1.29 is 9.59 Å². The van der Waals surface area contributed by atoms with Gasteiger partial charge >= 0.3 is 0 Å². The highest BCUT2D eigenvalue weighted by molar-refractivity contribution is 7.97. The molecule has 134 valence electrons. The first-order valence-electron chi connectivity index (χ1n) is 8.05. The summed E-state index contributed by atoms with van der Waals surface area (Å²) >= 11 is 3.76. The lowest BCUT2D eigenvalue weighted by atomic mass is 10.3. The Bertz CT molecular complexity index is 709. The summed E-state index contributed by atoms with van der Waals surface area (Å²) in [5.41, 5.74) is 0. The molecule has 1 aliphatic rings. The quantitative estimate of drug-likeness (QED) is 0.493. The molecule has 0 saturated carbocycles. The zero-order chi connectivity index (χ0) is 18.1. The number of amides is 1. The Morgan fingerprint density at radius 3 is 2.72 bits per heavy atom. The van der Waals surface area contributed by atoms with E-state index < -0.39 is 0 Å². The summed E-state index contributed by atoms with van der Waals surface area (Å²) in [6, 6.07) is 8.67. The fraction of sp³-hybridized carbons (Fsp3) is 0.333. The molecule has 7 heteroatoms. The Morgan fingerprint density at radius 2 is 2.04 bits per heavy atom. The molecule has 1 N–H and O–H groups in total. The van der Waals surface area contributed by atoms with Crippen LogP contribution in [0.1, 0.15) is 0 Å². The number of carbonyl (C=O) groups is 2. The molecule has 1 amide bonds. The van der Waals surface area contributed by atoms with E-state index >= 15 is 0 Å². The van der Waals surface area contributed by atoms with E-state index in [0.29, 0.717) is 6.29 Å². The second kappa shape index (κ2) is 10.4. The summed E-state index contributed by atoms with van der Waals surface area (Å²) < 4.78 is 3.87. The average molecular weight is 378 g/mol. The standard InChI is InChI=1S/C13H16N2S2.C5H7NO2/c1-14-6-8-15(9-7-14)17-13-10-16-12-5-3-2-4-11(12)13;1-2-5(8)6-3-4-7/h2-5,10H,6-9H2,1H3;2,4H,1,3H2,(H,6,8). The van der Waals surface area contributed by atoms with Crippen molar-refractivity contribution in [2.24, 2.45) is 0 Å². The van der Waals surface area contributed by atoms with Gasteiger partial charge in [-0.15, -0.1) is 11.3 Å². The number of hydrogen-bond acceptors (Lipinski definition) is 6. The third kappa shape index (κ3) is 6.28. The van der Waals surface area contributed by atoms with E-state index in [2.05, 4.69) is 57.8 Å². The molecule has 25 heavy (non-hydrogen) atoms. The van der Waals surface area contributed by atoms with E-state index in [1.807, 2.05) is 23.3 Å². The summed E-state index contributed by atoms with van der Waals surface area (Å²) in [4.78, 5) is 23.6. The molecular weight excluding hydrogens is 354 g/mol. The Morgan fingerprint density at radius 1 is 1.32 bits per heavy atom. The maximum absolute atomic E-state index is 10.2. The molecule has 2 aromatic rings. The van der Waals surface area contributed by atoms with Gasteiger partial charge in [0, 0.05) is 46.5 Å². The number of fused-ring (bicyclic) bond motifs is 1. The molecule has 1 aliphatic heterocycles. The van der Waals surface area contributed by atoms with Crippen molar-refractivity contribution in [3.63, 3.8) is 0 Å². The normalized spacial score (nSPS) is 15.2. The molecule has 0 radical (unpaired) electrons. The largest absolute Gasteiger partial charge is 0.346 e. The summed E-state index contributed by atoms with van der Waals surface area (Å²) in [6.45, 7) is 7.91. The molecule has 1 aromatic heterocycles. The zero-order valence-electron chi connectivity index (χ0n) is 14.3. The van der Waals surface area contributed by atoms with Crippen LogP contribution in [0.15, 0.2) is 47.2 Å². The topological polar surface area (TPSA) is 52.7 Å². The van der Waals surface area contributed by atoms with E-state index in [-0.39, 0.29) is 12.5 Å². The number of nitrogens with zero attached hydrogens (tertiary/aromatic N) is 2. The van der Waals surface area contributed by atoms with Crippen molar-refractivity contribution >= 4 is 45.6 Å². The average Bonchev–Trinajstić information content (AvgIpc) is 3.05. The molecule has 1 aromatic carbocycles. The molecule has 1 fully saturated rings. The van der Waals surface area contributed by atoms with Gasteiger partial charge in [-0.3, -0.25) is 4.79 Å². The fourth-order valence-electron chi connectivity index (χ4n) is 2.26. The van der Waals surface area contributed by atoms with Gasteiger partial charge in [-0.25, -0.2) is 4.31 Å². The number of thiophene rings is 1. The van der Waals surface area contributed by atoms with Crippen molar-refractivity contribution in [3.05, 3.63) is 42.3 Å². The maximum Gasteiger partial charge on any atom is 0.243 e. The molecule has 0 atom stereocenters. The van der Waals surface area contributed by atoms with Gasteiger partial charge in [0.25, 0.3) is 0 Å². The lowest BCUT2D eigenvalue weighted by molar-refractivity contribution is -0.118. The number of piperazine rings is 1. The van der Waals surface area contributed by atoms with Crippen LogP contribution in [0.5, 0.6) is 0 Å². The van der Waals surface area contributed by atoms with Crippen LogP contribution in [0.4, 0.5) is 0 Å². The van der Waals surface area contributed by atoms with Gasteiger partial charge in [0.15, 0.2) is 0 Å². The fourth-order valence-corrected chi connectivity index (χ4v) is 4.36. The number of carbonyl (C=O) groups excluding carboxylic acids is 2. The number of aldehydes is 1. The highest BCUT2D eigenvalue weighted by atomic mass is 32.2. The summed E-state index contributed by atoms with van der Waals surface area (Å²) in [7, 11) is 2.20. The van der Waals surface area contributed by atoms with Crippen LogP contribution in [-0.2, 0) is 9.59 Å². The van der Waals surface area contributed by atoms with Gasteiger partial charge in [0.05, 0.1) is 6.54 Å². The van der Waals surface area contributed by atoms with Crippen LogP contribution in [-0.4, -0.2) is 61.2 Å². The van der Waals surface area contributed by atoms with Gasteiger partial charge in [-0.05, 0) is 31.1 Å². The smallest absolute Gasteiger partial charge is 0.243 e. The Kier molecular flexibility index (Phi) is 8.14. The second-order valence-electron chi connectivity index (χ2n) is 5.54. The number of rotatable bonds is 5. The minimum Gasteiger partial charge on any atom is -0.346 e. The first kappa shape index (κ1) is 19.7. The molecule has 3 rings (SSSR count). The lowest BCUT2D eigenvalue weighted by Gasteiger charge is -2.31. The SMILES string of the molecule is C=CC(=O)NCC=O.CN1CCN(Sc2csc3ccccc23)CC1. The predicted octanol–water partition coefficient (Wildman–Crippen LogP) is 2.64. The van der Waals surface area contributed by atoms with E-state index in [0.717, 1.165) is 19.2 Å². The van der Waals surface area contributed by atoms with Crippen LogP contribution < -0.4 is 5.32 Å². The molecule has 0 aliphatic carbocycles. The van der Waals surface area contributed by atoms with Crippen LogP contribution in [0.25, 0.3) is 10.1 Å². The third-order valence-corrected chi connectivity index (χ3v) is 5.95. The van der Waals surface area contributed by atoms with E-state index in [9.17, 15) is 9.59 Å². The minimum atomic E-state index is -0.322. The van der Waals surface area contributed by atoms with Crippen molar-refractivity contribution in [1.29, 1.82) is 0 Å². The van der Waals surface area contributed by atoms with E-state index in [4.69, 9.17) is 0 Å². The molecular formula is C18H23N3O2S2. The van der Waals surface area contributed by atoms with E-state index in [1.54, 1.807) is 0 Å². The van der Waals surface area contributed by atoms with Crippen LogP contribution >= 0.6 is 23.3 Å². The molecule has 0 unspecified atom stereocenters. The van der Waals surface area contributed by atoms with Crippen molar-refractivity contribution in [2.75, 3.05) is 39.8 Å². The molecule has 2 heterocycles. The third-order valence-electron chi connectivity index (χ3n) is 3.68. The Labute approximate surface area is 156 Å². The van der Waals surface area contributed by atoms with Gasteiger partial charge < -0.3 is 15.0 Å². The van der Waals surface area contributed by atoms with Gasteiger partial charge in [-0.2, -0.15) is 0 Å². The van der Waals surface area contributed by atoms with Crippen molar-refractivity contribution in [1.82, 2.24) is 14.5 Å². The molecule has 0 bridgehead atoms. The molecule has 0 spiro atoms. The second-order valence-corrected chi connectivity index (χ2v) is 7.59. The van der Waals surface area contributed by atoms with Gasteiger partial charge in [-0.1, -0.05) is 24.8 Å². The molecule has 1 saturated heterocycles. The maximum atomic E-state index is 10.2. The summed E-state index contributed by atoms with van der Waals surface area (Å²) in [5.74, 6) is -0.322. The van der Waals surface area contributed by atoms with Crippen LogP contribution in [0.3, 0.4) is 0 Å². The first-order valence-corrected chi connectivity index (χ1v) is 9.71. The van der Waals surface area contributed by atoms with Crippen LogP contribution in [0.2, 0.25) is 0 Å². The zero-order valence-corrected chi connectivity index (χ0v) is 15.9. The van der Waals surface area contributed by atoms with Crippen LogP contribution in [0, 0.1) is 0 Å². The Hall–Kier alpha value is -1.67.